The largest absolute Gasteiger partial charge is 0.463 e. The topological polar surface area (TPSA) is 43.4 Å². The van der Waals surface area contributed by atoms with Crippen LogP contribution in [0.2, 0.25) is 0 Å². The lowest BCUT2D eigenvalue weighted by atomic mass is 10.0. The molecule has 3 nitrogen and oxygen atoms in total. The smallest absolute Gasteiger partial charge is 0.309 e. The number of ketones is 1. The number of alkyl halides is 2. The Kier molecular flexibility index (Phi) is 6.30. The van der Waals surface area contributed by atoms with E-state index in [1.807, 2.05) is 6.92 Å². The first-order valence-corrected chi connectivity index (χ1v) is 7.13. The number of unbranched alkanes of at least 4 members (excludes halogenated alkanes) is 1. The van der Waals surface area contributed by atoms with Crippen molar-refractivity contribution in [3.63, 3.8) is 0 Å². The highest BCUT2D eigenvalue weighted by Crippen LogP contribution is 2.30. The van der Waals surface area contributed by atoms with Crippen molar-refractivity contribution in [2.75, 3.05) is 0 Å². The van der Waals surface area contributed by atoms with E-state index in [1.165, 1.54) is 13.0 Å². The maximum Gasteiger partial charge on any atom is 0.309 e. The van der Waals surface area contributed by atoms with Crippen molar-refractivity contribution in [3.8, 4) is 0 Å². The first-order chi connectivity index (χ1) is 9.35. The van der Waals surface area contributed by atoms with E-state index in [9.17, 15) is 18.4 Å². The lowest BCUT2D eigenvalue weighted by Crippen LogP contribution is -2.26. The second kappa shape index (κ2) is 7.50. The van der Waals surface area contributed by atoms with Crippen LogP contribution >= 0.6 is 0 Å². The maximum atomic E-state index is 13.5. The van der Waals surface area contributed by atoms with Crippen LogP contribution in [0, 0.1) is 5.92 Å². The molecule has 114 valence electrons. The number of esters is 1. The number of rotatable bonds is 7. The molecule has 0 radical (unpaired) electrons. The molecule has 2 atom stereocenters. The third kappa shape index (κ3) is 5.39. The van der Waals surface area contributed by atoms with Crippen LogP contribution in [0.25, 0.3) is 0 Å². The summed E-state index contributed by atoms with van der Waals surface area (Å²) >= 11 is 0. The minimum atomic E-state index is -3.26. The molecule has 1 aliphatic carbocycles. The summed E-state index contributed by atoms with van der Waals surface area (Å²) in [5.74, 6) is -4.69. The zero-order valence-electron chi connectivity index (χ0n) is 12.0. The van der Waals surface area contributed by atoms with Crippen LogP contribution in [0.15, 0.2) is 12.2 Å². The lowest BCUT2D eigenvalue weighted by molar-refractivity contribution is -0.146. The maximum absolute atomic E-state index is 13.5. The molecule has 2 unspecified atom stereocenters. The van der Waals surface area contributed by atoms with Crippen molar-refractivity contribution in [3.05, 3.63) is 12.2 Å². The van der Waals surface area contributed by atoms with E-state index in [4.69, 9.17) is 4.74 Å². The lowest BCUT2D eigenvalue weighted by Gasteiger charge is -2.12. The summed E-state index contributed by atoms with van der Waals surface area (Å²) in [6.45, 7) is 3.16. The number of allylic oxidation sites excluding steroid dienone is 2. The van der Waals surface area contributed by atoms with Crippen LogP contribution in [0.1, 0.15) is 52.4 Å². The molecule has 20 heavy (non-hydrogen) atoms. The standard InChI is InChI=1S/C15H22F2O3/c1-3-4-9-15(16,17)14(19)8-6-12-5-7-13(10-12)20-11(2)18/h6,8,12-13H,3-5,7,9-10H2,1-2H3/b8-6+. The average molecular weight is 288 g/mol. The van der Waals surface area contributed by atoms with Gasteiger partial charge in [0.2, 0.25) is 5.78 Å². The normalized spacial score (nSPS) is 23.2. The van der Waals surface area contributed by atoms with E-state index in [2.05, 4.69) is 0 Å². The molecule has 1 rings (SSSR count). The summed E-state index contributed by atoms with van der Waals surface area (Å²) in [6, 6.07) is 0. The Morgan fingerprint density at radius 3 is 2.65 bits per heavy atom. The van der Waals surface area contributed by atoms with Gasteiger partial charge in [0.1, 0.15) is 6.10 Å². The Morgan fingerprint density at radius 1 is 1.35 bits per heavy atom. The summed E-state index contributed by atoms with van der Waals surface area (Å²) in [4.78, 5) is 22.3. The molecule has 0 aromatic heterocycles. The second-order valence-electron chi connectivity index (χ2n) is 5.34. The molecule has 1 saturated carbocycles. The fraction of sp³-hybridized carbons (Fsp3) is 0.733. The molecule has 0 aromatic carbocycles. The van der Waals surface area contributed by atoms with Gasteiger partial charge in [0.15, 0.2) is 0 Å². The highest BCUT2D eigenvalue weighted by molar-refractivity contribution is 5.95. The van der Waals surface area contributed by atoms with Crippen molar-refractivity contribution in [2.45, 2.75) is 64.4 Å². The van der Waals surface area contributed by atoms with Gasteiger partial charge in [-0.05, 0) is 37.7 Å². The molecule has 0 aromatic rings. The van der Waals surface area contributed by atoms with E-state index in [1.54, 1.807) is 0 Å². The van der Waals surface area contributed by atoms with Crippen LogP contribution < -0.4 is 0 Å². The number of carbonyl (C=O) groups is 2. The summed E-state index contributed by atoms with van der Waals surface area (Å²) in [7, 11) is 0. The Morgan fingerprint density at radius 2 is 2.05 bits per heavy atom. The molecule has 1 fully saturated rings. The van der Waals surface area contributed by atoms with Gasteiger partial charge in [0, 0.05) is 13.3 Å². The first kappa shape index (κ1) is 16.8. The Hall–Kier alpha value is -1.26. The minimum absolute atomic E-state index is 0.0327. The van der Waals surface area contributed by atoms with E-state index in [0.717, 1.165) is 18.9 Å². The Balaban J connectivity index is 2.44. The molecule has 0 saturated heterocycles. The quantitative estimate of drug-likeness (QED) is 0.530. The third-order valence-corrected chi connectivity index (χ3v) is 3.48. The molecule has 0 heterocycles. The van der Waals surface area contributed by atoms with Crippen LogP contribution in [-0.2, 0) is 14.3 Å². The Bertz CT molecular complexity index is 377. The summed E-state index contributed by atoms with van der Waals surface area (Å²) in [5.41, 5.74) is 0. The van der Waals surface area contributed by atoms with Gasteiger partial charge in [0.25, 0.3) is 0 Å². The van der Waals surface area contributed by atoms with Crippen molar-refractivity contribution >= 4 is 11.8 Å². The molecular weight excluding hydrogens is 266 g/mol. The van der Waals surface area contributed by atoms with Gasteiger partial charge in [-0.3, -0.25) is 9.59 Å². The van der Waals surface area contributed by atoms with Crippen LogP contribution in [0.4, 0.5) is 8.78 Å². The zero-order valence-corrected chi connectivity index (χ0v) is 12.0. The van der Waals surface area contributed by atoms with Gasteiger partial charge in [0.05, 0.1) is 0 Å². The van der Waals surface area contributed by atoms with Crippen molar-refractivity contribution in [1.82, 2.24) is 0 Å². The first-order valence-electron chi connectivity index (χ1n) is 7.13. The van der Waals surface area contributed by atoms with Crippen LogP contribution in [0.3, 0.4) is 0 Å². The number of carbonyl (C=O) groups excluding carboxylic acids is 2. The van der Waals surface area contributed by atoms with Crippen molar-refractivity contribution in [1.29, 1.82) is 0 Å². The molecule has 0 N–H and O–H groups in total. The second-order valence-corrected chi connectivity index (χ2v) is 5.34. The zero-order chi connectivity index (χ0) is 15.2. The molecule has 0 spiro atoms. The molecule has 0 bridgehead atoms. The van der Waals surface area contributed by atoms with Gasteiger partial charge in [-0.25, -0.2) is 0 Å². The van der Waals surface area contributed by atoms with Gasteiger partial charge in [-0.1, -0.05) is 19.4 Å². The molecule has 1 aliphatic rings. The fourth-order valence-electron chi connectivity index (χ4n) is 2.36. The monoisotopic (exact) mass is 288 g/mol. The number of ether oxygens (including phenoxy) is 1. The number of hydrogen-bond donors (Lipinski definition) is 0. The minimum Gasteiger partial charge on any atom is -0.463 e. The SMILES string of the molecule is CCCCC(F)(F)C(=O)/C=C/C1CCC(OC(C)=O)C1. The Labute approximate surface area is 118 Å². The number of hydrogen-bond acceptors (Lipinski definition) is 3. The fourth-order valence-corrected chi connectivity index (χ4v) is 2.36. The summed E-state index contributed by atoms with van der Waals surface area (Å²) in [5, 5.41) is 0. The van der Waals surface area contributed by atoms with Crippen LogP contribution in [-0.4, -0.2) is 23.8 Å². The number of halogens is 2. The van der Waals surface area contributed by atoms with E-state index in [-0.39, 0.29) is 18.0 Å². The van der Waals surface area contributed by atoms with E-state index < -0.39 is 18.1 Å². The highest BCUT2D eigenvalue weighted by atomic mass is 19.3. The average Bonchev–Trinajstić information content (AvgIpc) is 2.80. The van der Waals surface area contributed by atoms with Crippen molar-refractivity contribution < 1.29 is 23.1 Å². The van der Waals surface area contributed by atoms with Gasteiger partial charge in [-0.2, -0.15) is 8.78 Å². The van der Waals surface area contributed by atoms with E-state index >= 15 is 0 Å². The molecular formula is C15H22F2O3. The molecule has 0 aliphatic heterocycles. The predicted octanol–water partition coefficient (Wildman–Crippen LogP) is 3.67. The third-order valence-electron chi connectivity index (χ3n) is 3.48. The van der Waals surface area contributed by atoms with Gasteiger partial charge in [-0.15, -0.1) is 0 Å². The van der Waals surface area contributed by atoms with Gasteiger partial charge >= 0.3 is 11.9 Å². The highest BCUT2D eigenvalue weighted by Gasteiger charge is 2.36. The van der Waals surface area contributed by atoms with E-state index in [0.29, 0.717) is 19.3 Å². The molecule has 0 amide bonds. The van der Waals surface area contributed by atoms with Gasteiger partial charge < -0.3 is 4.74 Å². The van der Waals surface area contributed by atoms with Crippen molar-refractivity contribution in [2.24, 2.45) is 5.92 Å². The molecule has 5 heteroatoms. The summed E-state index contributed by atoms with van der Waals surface area (Å²) < 4.78 is 32.0. The summed E-state index contributed by atoms with van der Waals surface area (Å²) in [6.07, 6.45) is 5.03. The predicted molar refractivity (Wildman–Crippen MR) is 71.5 cm³/mol. The van der Waals surface area contributed by atoms with Crippen LogP contribution in [0.5, 0.6) is 0 Å².